The summed E-state index contributed by atoms with van der Waals surface area (Å²) in [6.45, 7) is 2.34. The Kier molecular flexibility index (Phi) is 5.98. The van der Waals surface area contributed by atoms with Crippen LogP contribution in [-0.4, -0.2) is 48.6 Å². The van der Waals surface area contributed by atoms with E-state index >= 15 is 0 Å². The van der Waals surface area contributed by atoms with Crippen molar-refractivity contribution in [3.05, 3.63) is 59.0 Å². The molecular weight excluding hydrogens is 421 g/mol. The molecule has 33 heavy (non-hydrogen) atoms. The fraction of sp³-hybridized carbons (Fsp3) is 0.423. The Labute approximate surface area is 192 Å². The maximum Gasteiger partial charge on any atom is 0.249 e. The highest BCUT2D eigenvalue weighted by Gasteiger charge is 2.33. The molecule has 0 radical (unpaired) electrons. The average Bonchev–Trinajstić information content (AvgIpc) is 3.55. The molecule has 1 saturated carbocycles. The van der Waals surface area contributed by atoms with Crippen LogP contribution in [0.3, 0.4) is 0 Å². The molecule has 1 aliphatic heterocycles. The first-order chi connectivity index (χ1) is 16.0. The van der Waals surface area contributed by atoms with E-state index in [1.807, 2.05) is 12.1 Å². The van der Waals surface area contributed by atoms with E-state index in [0.29, 0.717) is 30.1 Å². The first-order valence-electron chi connectivity index (χ1n) is 11.7. The zero-order chi connectivity index (χ0) is 22.9. The zero-order valence-electron chi connectivity index (χ0n) is 18.9. The van der Waals surface area contributed by atoms with Crippen molar-refractivity contribution in [3.63, 3.8) is 0 Å². The molecule has 1 atom stereocenters. The maximum absolute atomic E-state index is 14.3. The van der Waals surface area contributed by atoms with Gasteiger partial charge in [0.05, 0.1) is 12.6 Å². The second-order valence-corrected chi connectivity index (χ2v) is 9.17. The van der Waals surface area contributed by atoms with Gasteiger partial charge < -0.3 is 20.2 Å². The molecule has 174 valence electrons. The molecule has 2 aliphatic rings. The number of para-hydroxylation sites is 1. The lowest BCUT2D eigenvalue weighted by Gasteiger charge is -2.36. The number of nitrogens with one attached hydrogen (secondary N) is 1. The molecule has 2 aromatic carbocycles. The smallest absolute Gasteiger partial charge is 0.249 e. The lowest BCUT2D eigenvalue weighted by Crippen LogP contribution is -2.45. The molecule has 7 heteroatoms. The largest absolute Gasteiger partial charge is 0.495 e. The van der Waals surface area contributed by atoms with Crippen molar-refractivity contribution in [2.24, 2.45) is 11.7 Å². The van der Waals surface area contributed by atoms with Crippen LogP contribution in [0, 0.1) is 11.7 Å². The maximum atomic E-state index is 14.3. The molecular formula is C26H30FN3O3. The van der Waals surface area contributed by atoms with Gasteiger partial charge >= 0.3 is 0 Å². The molecule has 1 amide bonds. The summed E-state index contributed by atoms with van der Waals surface area (Å²) < 4.78 is 25.6. The van der Waals surface area contributed by atoms with E-state index in [9.17, 15) is 9.18 Å². The Balaban J connectivity index is 1.30. The molecule has 0 saturated heterocycles. The van der Waals surface area contributed by atoms with E-state index in [1.165, 1.54) is 35.9 Å². The van der Waals surface area contributed by atoms with E-state index in [2.05, 4.69) is 22.1 Å². The second kappa shape index (κ2) is 9.06. The number of halogens is 1. The standard InChI is InChI=1S/C26H30FN3O3/c1-32-23-6-2-5-19-17(13-29-24(19)23)4-3-11-30(14-16-7-8-16)18-12-21-20(26(28)31)9-10-22(27)25(21)33-15-18/h2,5-6,9-10,13,16,18,29H,3-4,7-8,11-12,14-15H2,1H3,(H2,28,31). The van der Waals surface area contributed by atoms with Gasteiger partial charge in [-0.2, -0.15) is 0 Å². The topological polar surface area (TPSA) is 80.6 Å². The van der Waals surface area contributed by atoms with Gasteiger partial charge in [-0.05, 0) is 68.3 Å². The van der Waals surface area contributed by atoms with Crippen LogP contribution in [0.25, 0.3) is 10.9 Å². The van der Waals surface area contributed by atoms with Crippen LogP contribution in [-0.2, 0) is 12.8 Å². The molecule has 0 bridgehead atoms. The third-order valence-electron chi connectivity index (χ3n) is 6.92. The number of amides is 1. The molecule has 3 N–H and O–H groups in total. The highest BCUT2D eigenvalue weighted by molar-refractivity contribution is 5.95. The first-order valence-corrected chi connectivity index (χ1v) is 11.7. The molecule has 3 aromatic rings. The number of ether oxygens (including phenoxy) is 2. The Morgan fingerprint density at radius 1 is 1.30 bits per heavy atom. The fourth-order valence-electron chi connectivity index (χ4n) is 4.99. The summed E-state index contributed by atoms with van der Waals surface area (Å²) in [4.78, 5) is 17.7. The van der Waals surface area contributed by atoms with Crippen molar-refractivity contribution < 1.29 is 18.7 Å². The second-order valence-electron chi connectivity index (χ2n) is 9.17. The van der Waals surface area contributed by atoms with Gasteiger partial charge in [-0.3, -0.25) is 9.69 Å². The minimum atomic E-state index is -0.543. The third-order valence-corrected chi connectivity index (χ3v) is 6.92. The number of hydrogen-bond donors (Lipinski definition) is 2. The molecule has 6 nitrogen and oxygen atoms in total. The summed E-state index contributed by atoms with van der Waals surface area (Å²) >= 11 is 0. The number of hydrogen-bond acceptors (Lipinski definition) is 4. The van der Waals surface area contributed by atoms with Crippen molar-refractivity contribution in [3.8, 4) is 11.5 Å². The highest BCUT2D eigenvalue weighted by atomic mass is 19.1. The quantitative estimate of drug-likeness (QED) is 0.514. The van der Waals surface area contributed by atoms with Crippen LogP contribution in [0.1, 0.15) is 40.7 Å². The molecule has 0 spiro atoms. The molecule has 1 aliphatic carbocycles. The van der Waals surface area contributed by atoms with Gasteiger partial charge in [0.25, 0.3) is 0 Å². The first kappa shape index (κ1) is 21.8. The highest BCUT2D eigenvalue weighted by Crippen LogP contribution is 2.35. The number of H-pyrrole nitrogens is 1. The average molecular weight is 452 g/mol. The summed E-state index contributed by atoms with van der Waals surface area (Å²) in [5.74, 6) is 0.772. The number of fused-ring (bicyclic) bond motifs is 2. The number of nitrogens with zero attached hydrogens (tertiary/aromatic N) is 1. The molecule has 1 unspecified atom stereocenters. The van der Waals surface area contributed by atoms with Crippen molar-refractivity contribution in [2.45, 2.75) is 38.1 Å². The normalized spacial score (nSPS) is 17.7. The van der Waals surface area contributed by atoms with E-state index < -0.39 is 11.7 Å². The minimum absolute atomic E-state index is 0.0982. The molecule has 2 heterocycles. The van der Waals surface area contributed by atoms with Crippen LogP contribution in [0.5, 0.6) is 11.5 Å². The number of primary amides is 1. The predicted octanol–water partition coefficient (Wildman–Crippen LogP) is 4.06. The number of aromatic nitrogens is 1. The van der Waals surface area contributed by atoms with Gasteiger partial charge in [0.1, 0.15) is 12.4 Å². The third kappa shape index (κ3) is 4.42. The number of aromatic amines is 1. The van der Waals surface area contributed by atoms with Crippen molar-refractivity contribution in [1.82, 2.24) is 9.88 Å². The Bertz CT molecular complexity index is 1170. The number of methoxy groups -OCH3 is 1. The predicted molar refractivity (Wildman–Crippen MR) is 125 cm³/mol. The zero-order valence-corrected chi connectivity index (χ0v) is 18.9. The van der Waals surface area contributed by atoms with Crippen molar-refractivity contribution in [1.29, 1.82) is 0 Å². The Hall–Kier alpha value is -3.06. The van der Waals surface area contributed by atoms with E-state index in [4.69, 9.17) is 15.2 Å². The molecule has 1 aromatic heterocycles. The van der Waals surface area contributed by atoms with Crippen molar-refractivity contribution >= 4 is 16.8 Å². The van der Waals surface area contributed by atoms with Crippen molar-refractivity contribution in [2.75, 3.05) is 26.8 Å². The van der Waals surface area contributed by atoms with Gasteiger partial charge in [-0.1, -0.05) is 12.1 Å². The minimum Gasteiger partial charge on any atom is -0.495 e. The summed E-state index contributed by atoms with van der Waals surface area (Å²) in [5, 5.41) is 1.19. The molecule has 5 rings (SSSR count). The number of aryl methyl sites for hydroxylation is 1. The number of rotatable bonds is 9. The number of carbonyl (C=O) groups is 1. The SMILES string of the molecule is COc1cccc2c(CCCN(CC3CC3)C3COc4c(F)ccc(C(N)=O)c4C3)c[nH]c12. The lowest BCUT2D eigenvalue weighted by molar-refractivity contribution is 0.0980. The number of carbonyl (C=O) groups excluding carboxylic acids is 1. The van der Waals surface area contributed by atoms with Gasteiger partial charge in [-0.15, -0.1) is 0 Å². The fourth-order valence-corrected chi connectivity index (χ4v) is 4.99. The summed E-state index contributed by atoms with van der Waals surface area (Å²) in [6, 6.07) is 8.93. The van der Waals surface area contributed by atoms with Gasteiger partial charge in [-0.25, -0.2) is 4.39 Å². The number of benzene rings is 2. The summed E-state index contributed by atoms with van der Waals surface area (Å²) in [5.41, 5.74) is 8.82. The van der Waals surface area contributed by atoms with Gasteiger partial charge in [0.15, 0.2) is 11.6 Å². The van der Waals surface area contributed by atoms with E-state index in [1.54, 1.807) is 7.11 Å². The van der Waals surface area contributed by atoms with Crippen LogP contribution in [0.4, 0.5) is 4.39 Å². The number of nitrogens with two attached hydrogens (primary N) is 1. The van der Waals surface area contributed by atoms with Crippen LogP contribution in [0.15, 0.2) is 36.5 Å². The van der Waals surface area contributed by atoms with Crippen LogP contribution < -0.4 is 15.2 Å². The van der Waals surface area contributed by atoms with Gasteiger partial charge in [0, 0.05) is 35.3 Å². The van der Waals surface area contributed by atoms with Crippen LogP contribution in [0.2, 0.25) is 0 Å². The summed E-state index contributed by atoms with van der Waals surface area (Å²) in [6.07, 6.45) is 7.09. The Morgan fingerprint density at radius 3 is 2.91 bits per heavy atom. The Morgan fingerprint density at radius 2 is 2.15 bits per heavy atom. The van der Waals surface area contributed by atoms with E-state index in [0.717, 1.165) is 37.2 Å². The lowest BCUT2D eigenvalue weighted by atomic mass is 9.95. The monoisotopic (exact) mass is 451 g/mol. The van der Waals surface area contributed by atoms with Gasteiger partial charge in [0.2, 0.25) is 5.91 Å². The molecule has 1 fully saturated rings. The van der Waals surface area contributed by atoms with Crippen LogP contribution >= 0.6 is 0 Å². The summed E-state index contributed by atoms with van der Waals surface area (Å²) in [7, 11) is 1.69. The van der Waals surface area contributed by atoms with E-state index in [-0.39, 0.29) is 11.8 Å².